The second-order valence-corrected chi connectivity index (χ2v) is 8.67. The van der Waals surface area contributed by atoms with Gasteiger partial charge >= 0.3 is 0 Å². The molecule has 2 bridgehead atoms. The van der Waals surface area contributed by atoms with E-state index in [1.54, 1.807) is 12.1 Å². The molecule has 0 spiro atoms. The van der Waals surface area contributed by atoms with Gasteiger partial charge in [0.05, 0.1) is 0 Å². The number of hydrogen-bond acceptors (Lipinski definition) is 3. The maximum atomic E-state index is 12.0. The van der Waals surface area contributed by atoms with Crippen molar-refractivity contribution < 1.29 is 4.79 Å². The highest BCUT2D eigenvalue weighted by Crippen LogP contribution is 2.39. The van der Waals surface area contributed by atoms with Crippen molar-refractivity contribution >= 4 is 40.7 Å². The third-order valence-electron chi connectivity index (χ3n) is 4.52. The Balaban J connectivity index is 1.89. The van der Waals surface area contributed by atoms with Crippen molar-refractivity contribution in [2.24, 2.45) is 5.92 Å². The molecule has 1 fully saturated rings. The van der Waals surface area contributed by atoms with Crippen molar-refractivity contribution in [3.05, 3.63) is 34.2 Å². The fraction of sp³-hybridized carbons (Fsp3) is 0.600. The zero-order valence-electron chi connectivity index (χ0n) is 12.6. The first kappa shape index (κ1) is 17.1. The lowest BCUT2D eigenvalue weighted by Crippen LogP contribution is -2.60. The van der Waals surface area contributed by atoms with Crippen LogP contribution in [0.3, 0.4) is 0 Å². The number of likely N-dealkylation sites (tertiary alicyclic amines) is 1. The first-order valence-corrected chi connectivity index (χ1v) is 8.66. The largest absolute Gasteiger partial charge is 0.337 e. The van der Waals surface area contributed by atoms with Gasteiger partial charge in [-0.05, 0) is 18.4 Å². The second kappa shape index (κ2) is 6.28. The molecule has 23 heavy (non-hydrogen) atoms. The number of carbonyl (C=O) groups is 1. The molecule has 5 nitrogen and oxygen atoms in total. The van der Waals surface area contributed by atoms with Gasteiger partial charge in [-0.3, -0.25) is 14.5 Å². The number of halogens is 3. The van der Waals surface area contributed by atoms with Gasteiger partial charge in [0.15, 0.2) is 0 Å². The number of nitrogens with one attached hydrogen (secondary N) is 1. The molecule has 1 amide bonds. The minimum Gasteiger partial charge on any atom is -0.337 e. The van der Waals surface area contributed by atoms with Gasteiger partial charge in [0.25, 0.3) is 5.56 Å². The van der Waals surface area contributed by atoms with E-state index in [1.165, 1.54) is 6.92 Å². The van der Waals surface area contributed by atoms with Crippen LogP contribution in [0.2, 0.25) is 0 Å². The van der Waals surface area contributed by atoms with E-state index >= 15 is 0 Å². The number of nitrogens with zero attached hydrogens (tertiary/aromatic N) is 2. The van der Waals surface area contributed by atoms with Crippen molar-refractivity contribution in [2.75, 3.05) is 13.1 Å². The minimum atomic E-state index is -1.62. The average Bonchev–Trinajstić information content (AvgIpc) is 2.44. The Morgan fingerprint density at radius 2 is 2.04 bits per heavy atom. The summed E-state index contributed by atoms with van der Waals surface area (Å²) in [6, 6.07) is 5.35. The maximum absolute atomic E-state index is 12.0. The Morgan fingerprint density at radius 1 is 1.30 bits per heavy atom. The zero-order valence-corrected chi connectivity index (χ0v) is 14.9. The first-order chi connectivity index (χ1) is 10.8. The van der Waals surface area contributed by atoms with Crippen LogP contribution in [0.1, 0.15) is 25.0 Å². The normalized spacial score (nSPS) is 25.6. The van der Waals surface area contributed by atoms with Gasteiger partial charge < -0.3 is 9.88 Å². The summed E-state index contributed by atoms with van der Waals surface area (Å²) >= 11 is 18.2. The summed E-state index contributed by atoms with van der Waals surface area (Å²) in [6.45, 7) is 3.38. The highest BCUT2D eigenvalue weighted by Gasteiger charge is 2.43. The van der Waals surface area contributed by atoms with Crippen LogP contribution >= 0.6 is 34.8 Å². The molecule has 0 saturated carbocycles. The smallest absolute Gasteiger partial charge is 0.250 e. The number of hydrogen-bond donors (Lipinski definition) is 1. The van der Waals surface area contributed by atoms with Crippen LogP contribution in [0.25, 0.3) is 0 Å². The Hall–Kier alpha value is -0.750. The SMILES string of the molecule is CC(=O)NC(N1C[C@@H]2C[C@@H](C1)c1cccc(=O)n1C2)C(Cl)(Cl)Cl. The monoisotopic (exact) mass is 377 g/mol. The molecular weight excluding hydrogens is 361 g/mol. The van der Waals surface area contributed by atoms with Gasteiger partial charge in [0.2, 0.25) is 9.70 Å². The third-order valence-corrected chi connectivity index (χ3v) is 5.14. The summed E-state index contributed by atoms with van der Waals surface area (Å²) < 4.78 is 0.229. The molecule has 0 aromatic carbocycles. The molecule has 1 unspecified atom stereocenters. The molecule has 1 saturated heterocycles. The van der Waals surface area contributed by atoms with E-state index in [-0.39, 0.29) is 17.4 Å². The Kier molecular flexibility index (Phi) is 4.67. The van der Waals surface area contributed by atoms with Crippen molar-refractivity contribution in [1.29, 1.82) is 0 Å². The molecule has 3 atom stereocenters. The van der Waals surface area contributed by atoms with Crippen LogP contribution in [-0.2, 0) is 11.3 Å². The molecule has 3 heterocycles. The standard InChI is InChI=1S/C15H18Cl3N3O2/c1-9(22)19-14(15(16,17)18)20-6-10-5-11(8-20)12-3-2-4-13(23)21(12)7-10/h2-4,10-11,14H,5-8H2,1H3,(H,19,22)/t10-,11-,14?/m0/s1. The first-order valence-electron chi connectivity index (χ1n) is 7.53. The summed E-state index contributed by atoms with van der Waals surface area (Å²) in [5, 5.41) is 2.74. The van der Waals surface area contributed by atoms with Gasteiger partial charge in [-0.1, -0.05) is 40.9 Å². The second-order valence-electron chi connectivity index (χ2n) is 6.30. The lowest BCUT2D eigenvalue weighted by Gasteiger charge is -2.47. The lowest BCUT2D eigenvalue weighted by molar-refractivity contribution is -0.121. The van der Waals surface area contributed by atoms with E-state index in [1.807, 2.05) is 15.5 Å². The molecule has 126 valence electrons. The molecule has 1 N–H and O–H groups in total. The number of alkyl halides is 3. The molecule has 0 aliphatic carbocycles. The Morgan fingerprint density at radius 3 is 2.70 bits per heavy atom. The van der Waals surface area contributed by atoms with E-state index in [2.05, 4.69) is 5.32 Å². The third kappa shape index (κ3) is 3.53. The van der Waals surface area contributed by atoms with Crippen LogP contribution in [0, 0.1) is 5.92 Å². The van der Waals surface area contributed by atoms with Gasteiger partial charge in [0, 0.05) is 44.2 Å². The van der Waals surface area contributed by atoms with Crippen molar-refractivity contribution in [3.63, 3.8) is 0 Å². The Bertz CT molecular complexity index is 671. The number of fused-ring (bicyclic) bond motifs is 4. The molecule has 3 rings (SSSR count). The molecular formula is C15H18Cl3N3O2. The quantitative estimate of drug-likeness (QED) is 0.802. The van der Waals surface area contributed by atoms with Crippen LogP contribution in [0.4, 0.5) is 0 Å². The highest BCUT2D eigenvalue weighted by atomic mass is 35.6. The molecule has 1 aromatic rings. The van der Waals surface area contributed by atoms with E-state index in [0.717, 1.165) is 12.1 Å². The summed E-state index contributed by atoms with van der Waals surface area (Å²) in [6.07, 6.45) is 0.323. The predicted molar refractivity (Wildman–Crippen MR) is 91.0 cm³/mol. The van der Waals surface area contributed by atoms with Gasteiger partial charge in [-0.25, -0.2) is 0 Å². The summed E-state index contributed by atoms with van der Waals surface area (Å²) in [5.41, 5.74) is 1.05. The number of pyridine rings is 1. The van der Waals surface area contributed by atoms with Crippen LogP contribution in [-0.4, -0.2) is 38.4 Å². The fourth-order valence-corrected chi connectivity index (χ4v) is 4.29. The number of rotatable bonds is 2. The minimum absolute atomic E-state index is 0.0328. The maximum Gasteiger partial charge on any atom is 0.250 e. The summed E-state index contributed by atoms with van der Waals surface area (Å²) in [5.74, 6) is 0.249. The van der Waals surface area contributed by atoms with E-state index in [0.29, 0.717) is 25.6 Å². The summed E-state index contributed by atoms with van der Waals surface area (Å²) in [4.78, 5) is 25.5. The molecule has 1 aromatic heterocycles. The number of carbonyl (C=O) groups excluding carboxylic acids is 1. The van der Waals surface area contributed by atoms with Gasteiger partial charge in [0.1, 0.15) is 6.17 Å². The van der Waals surface area contributed by atoms with Gasteiger partial charge in [-0.2, -0.15) is 0 Å². The molecule has 2 aliphatic heterocycles. The van der Waals surface area contributed by atoms with Crippen LogP contribution in [0.5, 0.6) is 0 Å². The summed E-state index contributed by atoms with van der Waals surface area (Å²) in [7, 11) is 0. The number of amides is 1. The van der Waals surface area contributed by atoms with Crippen molar-refractivity contribution in [3.8, 4) is 0 Å². The molecule has 2 aliphatic rings. The predicted octanol–water partition coefficient (Wildman–Crippen LogP) is 2.10. The molecule has 8 heteroatoms. The van der Waals surface area contributed by atoms with Crippen molar-refractivity contribution in [1.82, 2.24) is 14.8 Å². The van der Waals surface area contributed by atoms with E-state index in [9.17, 15) is 9.59 Å². The fourth-order valence-electron chi connectivity index (χ4n) is 3.72. The lowest BCUT2D eigenvalue weighted by atomic mass is 9.83. The zero-order chi connectivity index (χ0) is 16.8. The van der Waals surface area contributed by atoms with Gasteiger partial charge in [-0.15, -0.1) is 0 Å². The number of aromatic nitrogens is 1. The van der Waals surface area contributed by atoms with Crippen molar-refractivity contribution in [2.45, 2.75) is 35.8 Å². The van der Waals surface area contributed by atoms with E-state index in [4.69, 9.17) is 34.8 Å². The topological polar surface area (TPSA) is 54.3 Å². The highest BCUT2D eigenvalue weighted by molar-refractivity contribution is 6.68. The Labute approximate surface area is 149 Å². The van der Waals surface area contributed by atoms with Crippen LogP contribution < -0.4 is 10.9 Å². The molecule has 0 radical (unpaired) electrons. The van der Waals surface area contributed by atoms with Crippen LogP contribution in [0.15, 0.2) is 23.0 Å². The number of piperidine rings is 1. The van der Waals surface area contributed by atoms with E-state index < -0.39 is 9.96 Å². The average molecular weight is 379 g/mol.